The van der Waals surface area contributed by atoms with Crippen LogP contribution in [0.5, 0.6) is 5.75 Å². The maximum absolute atomic E-state index is 12.5. The molecule has 0 unspecified atom stereocenters. The second-order valence-corrected chi connectivity index (χ2v) is 6.62. The van der Waals surface area contributed by atoms with E-state index in [1.807, 2.05) is 57.2 Å². The highest BCUT2D eigenvalue weighted by atomic mass is 16.5. The molecule has 0 aliphatic heterocycles. The van der Waals surface area contributed by atoms with Crippen LogP contribution in [-0.2, 0) is 22.6 Å². The van der Waals surface area contributed by atoms with Crippen LogP contribution in [0.3, 0.4) is 0 Å². The third-order valence-corrected chi connectivity index (χ3v) is 4.05. The van der Waals surface area contributed by atoms with Crippen molar-refractivity contribution >= 4 is 11.8 Å². The minimum Gasteiger partial charge on any atom is -0.494 e. The molecule has 1 heterocycles. The highest BCUT2D eigenvalue weighted by Gasteiger charge is 2.23. The van der Waals surface area contributed by atoms with Gasteiger partial charge < -0.3 is 15.4 Å². The van der Waals surface area contributed by atoms with Crippen molar-refractivity contribution in [2.45, 2.75) is 39.8 Å². The third-order valence-electron chi connectivity index (χ3n) is 4.05. The number of pyridine rings is 1. The van der Waals surface area contributed by atoms with Gasteiger partial charge in [-0.25, -0.2) is 0 Å². The van der Waals surface area contributed by atoms with E-state index in [1.54, 1.807) is 12.4 Å². The number of rotatable bonds is 9. The van der Waals surface area contributed by atoms with E-state index in [9.17, 15) is 9.59 Å². The van der Waals surface area contributed by atoms with Crippen LogP contribution in [0.2, 0.25) is 0 Å². The lowest BCUT2D eigenvalue weighted by atomic mass is 10.0. The summed E-state index contributed by atoms with van der Waals surface area (Å²) in [5, 5.41) is 5.70. The molecule has 0 spiro atoms. The Bertz CT molecular complexity index is 730. The number of carbonyl (C=O) groups excluding carboxylic acids is 2. The zero-order valence-corrected chi connectivity index (χ0v) is 16.1. The highest BCUT2D eigenvalue weighted by Crippen LogP contribution is 2.13. The van der Waals surface area contributed by atoms with E-state index in [0.717, 1.165) is 16.9 Å². The van der Waals surface area contributed by atoms with E-state index < -0.39 is 6.04 Å². The van der Waals surface area contributed by atoms with Crippen molar-refractivity contribution in [2.75, 3.05) is 6.61 Å². The standard InChI is InChI=1S/C21H27N3O3/c1-4-27-18-9-7-16(8-10-18)12-19(25)24-20(15(2)3)21(26)23-14-17-6-5-11-22-13-17/h5-11,13,15,20H,4,12,14H2,1-3H3,(H,23,26)(H,24,25)/t20-/m0/s1. The van der Waals surface area contributed by atoms with Crippen molar-refractivity contribution in [1.29, 1.82) is 0 Å². The largest absolute Gasteiger partial charge is 0.494 e. The number of nitrogens with one attached hydrogen (secondary N) is 2. The van der Waals surface area contributed by atoms with Crippen LogP contribution in [-0.4, -0.2) is 29.4 Å². The molecule has 0 aliphatic carbocycles. The number of nitrogens with zero attached hydrogens (tertiary/aromatic N) is 1. The van der Waals surface area contributed by atoms with Gasteiger partial charge in [0, 0.05) is 18.9 Å². The molecule has 1 atom stereocenters. The summed E-state index contributed by atoms with van der Waals surface area (Å²) >= 11 is 0. The van der Waals surface area contributed by atoms with Crippen LogP contribution in [0.25, 0.3) is 0 Å². The summed E-state index contributed by atoms with van der Waals surface area (Å²) < 4.78 is 5.40. The number of hydrogen-bond donors (Lipinski definition) is 2. The lowest BCUT2D eigenvalue weighted by Crippen LogP contribution is -2.49. The quantitative estimate of drug-likeness (QED) is 0.712. The van der Waals surface area contributed by atoms with Gasteiger partial charge in [0.15, 0.2) is 0 Å². The Labute approximate surface area is 160 Å². The average molecular weight is 369 g/mol. The first-order valence-corrected chi connectivity index (χ1v) is 9.17. The molecule has 2 N–H and O–H groups in total. The van der Waals surface area contributed by atoms with E-state index in [2.05, 4.69) is 15.6 Å². The molecule has 27 heavy (non-hydrogen) atoms. The molecule has 0 radical (unpaired) electrons. The average Bonchev–Trinajstić information content (AvgIpc) is 2.66. The fourth-order valence-electron chi connectivity index (χ4n) is 2.62. The van der Waals surface area contributed by atoms with Crippen molar-refractivity contribution in [1.82, 2.24) is 15.6 Å². The summed E-state index contributed by atoms with van der Waals surface area (Å²) in [6.07, 6.45) is 3.60. The molecular formula is C21H27N3O3. The van der Waals surface area contributed by atoms with Crippen LogP contribution < -0.4 is 15.4 Å². The van der Waals surface area contributed by atoms with E-state index in [1.165, 1.54) is 0 Å². The summed E-state index contributed by atoms with van der Waals surface area (Å²) in [5.41, 5.74) is 1.78. The SMILES string of the molecule is CCOc1ccc(CC(=O)N[C@H](C(=O)NCc2cccnc2)C(C)C)cc1. The molecular weight excluding hydrogens is 342 g/mol. The maximum Gasteiger partial charge on any atom is 0.243 e. The summed E-state index contributed by atoms with van der Waals surface area (Å²) in [4.78, 5) is 28.9. The smallest absolute Gasteiger partial charge is 0.243 e. The molecule has 0 aliphatic rings. The van der Waals surface area contributed by atoms with Crippen LogP contribution in [0.1, 0.15) is 31.9 Å². The van der Waals surface area contributed by atoms with E-state index in [0.29, 0.717) is 13.2 Å². The molecule has 2 amide bonds. The summed E-state index contributed by atoms with van der Waals surface area (Å²) in [6, 6.07) is 10.5. The molecule has 0 fully saturated rings. The van der Waals surface area contributed by atoms with Crippen LogP contribution in [0.15, 0.2) is 48.8 Å². The minimum atomic E-state index is -0.586. The normalized spacial score (nSPS) is 11.7. The lowest BCUT2D eigenvalue weighted by molar-refractivity contribution is -0.129. The van der Waals surface area contributed by atoms with Crippen LogP contribution in [0.4, 0.5) is 0 Å². The first-order chi connectivity index (χ1) is 13.0. The molecule has 2 aromatic rings. The van der Waals surface area contributed by atoms with Gasteiger partial charge in [-0.2, -0.15) is 0 Å². The van der Waals surface area contributed by atoms with Gasteiger partial charge in [-0.3, -0.25) is 14.6 Å². The number of carbonyl (C=O) groups is 2. The predicted octanol–water partition coefficient (Wildman–Crippen LogP) is 2.48. The van der Waals surface area contributed by atoms with E-state index in [4.69, 9.17) is 4.74 Å². The fourth-order valence-corrected chi connectivity index (χ4v) is 2.62. The van der Waals surface area contributed by atoms with Crippen molar-refractivity contribution in [3.63, 3.8) is 0 Å². The Hall–Kier alpha value is -2.89. The van der Waals surface area contributed by atoms with E-state index >= 15 is 0 Å². The molecule has 0 saturated heterocycles. The van der Waals surface area contributed by atoms with Crippen molar-refractivity contribution in [3.8, 4) is 5.75 Å². The summed E-state index contributed by atoms with van der Waals surface area (Å²) in [7, 11) is 0. The Morgan fingerprint density at radius 2 is 1.85 bits per heavy atom. The molecule has 1 aromatic heterocycles. The lowest BCUT2D eigenvalue weighted by Gasteiger charge is -2.22. The molecule has 6 nitrogen and oxygen atoms in total. The Kier molecular flexibility index (Phi) is 7.79. The second-order valence-electron chi connectivity index (χ2n) is 6.62. The Morgan fingerprint density at radius 1 is 1.11 bits per heavy atom. The summed E-state index contributed by atoms with van der Waals surface area (Å²) in [5.74, 6) is 0.364. The van der Waals surface area contributed by atoms with E-state index in [-0.39, 0.29) is 24.2 Å². The fraction of sp³-hybridized carbons (Fsp3) is 0.381. The van der Waals surface area contributed by atoms with Crippen molar-refractivity contribution in [2.24, 2.45) is 5.92 Å². The monoisotopic (exact) mass is 369 g/mol. The number of benzene rings is 1. The topological polar surface area (TPSA) is 80.3 Å². The zero-order chi connectivity index (χ0) is 19.6. The first kappa shape index (κ1) is 20.4. The molecule has 0 bridgehead atoms. The zero-order valence-electron chi connectivity index (χ0n) is 16.1. The second kappa shape index (κ2) is 10.3. The number of amides is 2. The third kappa shape index (κ3) is 6.73. The minimum absolute atomic E-state index is 0.0248. The van der Waals surface area contributed by atoms with Gasteiger partial charge in [0.05, 0.1) is 13.0 Å². The number of hydrogen-bond acceptors (Lipinski definition) is 4. The number of ether oxygens (including phenoxy) is 1. The Balaban J connectivity index is 1.89. The van der Waals surface area contributed by atoms with Gasteiger partial charge >= 0.3 is 0 Å². The van der Waals surface area contributed by atoms with Gasteiger partial charge in [0.2, 0.25) is 11.8 Å². The maximum atomic E-state index is 12.5. The van der Waals surface area contributed by atoms with Crippen LogP contribution in [0, 0.1) is 5.92 Å². The molecule has 0 saturated carbocycles. The van der Waals surface area contributed by atoms with Gasteiger partial charge in [-0.05, 0) is 42.2 Å². The molecule has 2 rings (SSSR count). The molecule has 6 heteroatoms. The van der Waals surface area contributed by atoms with Crippen molar-refractivity contribution < 1.29 is 14.3 Å². The Morgan fingerprint density at radius 3 is 2.44 bits per heavy atom. The van der Waals surface area contributed by atoms with Gasteiger partial charge in [-0.15, -0.1) is 0 Å². The highest BCUT2D eigenvalue weighted by molar-refractivity contribution is 5.88. The number of aromatic nitrogens is 1. The summed E-state index contributed by atoms with van der Waals surface area (Å²) in [6.45, 7) is 6.72. The van der Waals surface area contributed by atoms with Gasteiger partial charge in [0.1, 0.15) is 11.8 Å². The molecule has 144 valence electrons. The van der Waals surface area contributed by atoms with Crippen molar-refractivity contribution in [3.05, 3.63) is 59.9 Å². The van der Waals surface area contributed by atoms with Gasteiger partial charge in [0.25, 0.3) is 0 Å². The van der Waals surface area contributed by atoms with Crippen LogP contribution >= 0.6 is 0 Å². The first-order valence-electron chi connectivity index (χ1n) is 9.17. The van der Waals surface area contributed by atoms with Gasteiger partial charge in [-0.1, -0.05) is 32.0 Å². The molecule has 1 aromatic carbocycles. The predicted molar refractivity (Wildman–Crippen MR) is 104 cm³/mol.